The zero-order valence-electron chi connectivity index (χ0n) is 16.6. The smallest absolute Gasteiger partial charge is 0.246 e. The van der Waals surface area contributed by atoms with Crippen LogP contribution in [-0.4, -0.2) is 34.5 Å². The zero-order valence-corrected chi connectivity index (χ0v) is 17.4. The minimum atomic E-state index is -0.202. The molecule has 0 fully saturated rings. The number of ketones is 1. The molecule has 30 heavy (non-hydrogen) atoms. The Morgan fingerprint density at radius 2 is 1.90 bits per heavy atom. The fourth-order valence-electron chi connectivity index (χ4n) is 2.64. The molecule has 1 amide bonds. The Balaban J connectivity index is 1.70. The number of aromatic nitrogens is 2. The van der Waals surface area contributed by atoms with Gasteiger partial charge in [-0.1, -0.05) is 24.3 Å². The van der Waals surface area contributed by atoms with Gasteiger partial charge in [0.15, 0.2) is 11.5 Å². The first kappa shape index (κ1) is 21.3. The number of nitrogens with zero attached hydrogens (tertiary/aromatic N) is 2. The lowest BCUT2D eigenvalue weighted by Gasteiger charge is -2.13. The third kappa shape index (κ3) is 6.05. The molecule has 0 atom stereocenters. The number of Topliss-reactive ketones (excluding diaryl/α,β-unsaturated/α-hetero) is 1. The molecule has 1 heterocycles. The second kappa shape index (κ2) is 10.4. The number of anilines is 1. The van der Waals surface area contributed by atoms with E-state index in [2.05, 4.69) is 15.3 Å². The van der Waals surface area contributed by atoms with Gasteiger partial charge in [-0.3, -0.25) is 9.59 Å². The van der Waals surface area contributed by atoms with E-state index in [1.165, 1.54) is 38.3 Å². The molecule has 0 unspecified atom stereocenters. The number of carbonyl (C=O) groups excluding carboxylic acids is 2. The van der Waals surface area contributed by atoms with E-state index in [9.17, 15) is 9.59 Å². The first-order valence-electron chi connectivity index (χ1n) is 9.17. The van der Waals surface area contributed by atoms with Gasteiger partial charge in [-0.2, -0.15) is 4.98 Å². The third-order valence-corrected chi connectivity index (χ3v) is 4.96. The summed E-state index contributed by atoms with van der Waals surface area (Å²) in [5, 5.41) is 2.78. The van der Waals surface area contributed by atoms with Gasteiger partial charge in [-0.05, 0) is 36.8 Å². The largest absolute Gasteiger partial charge is 0.493 e. The van der Waals surface area contributed by atoms with Crippen molar-refractivity contribution in [3.05, 3.63) is 66.6 Å². The molecule has 1 N–H and O–H groups in total. The van der Waals surface area contributed by atoms with Gasteiger partial charge in [0.05, 0.1) is 19.1 Å². The highest BCUT2D eigenvalue weighted by Gasteiger charge is 2.14. The number of carbonyl (C=O) groups is 2. The van der Waals surface area contributed by atoms with Gasteiger partial charge in [-0.25, -0.2) is 4.98 Å². The highest BCUT2D eigenvalue weighted by molar-refractivity contribution is 8.00. The predicted molar refractivity (Wildman–Crippen MR) is 115 cm³/mol. The number of amides is 1. The molecule has 0 aliphatic heterocycles. The molecule has 7 nitrogen and oxygen atoms in total. The van der Waals surface area contributed by atoms with Gasteiger partial charge < -0.3 is 14.8 Å². The molecule has 3 aromatic rings. The van der Waals surface area contributed by atoms with Crippen molar-refractivity contribution < 1.29 is 19.1 Å². The fourth-order valence-corrected chi connectivity index (χ4v) is 3.35. The summed E-state index contributed by atoms with van der Waals surface area (Å²) in [7, 11) is 1.52. The normalized spacial score (nSPS) is 10.3. The van der Waals surface area contributed by atoms with Crippen LogP contribution in [0.2, 0.25) is 0 Å². The van der Waals surface area contributed by atoms with Crippen molar-refractivity contribution in [2.24, 2.45) is 0 Å². The molecule has 0 aliphatic rings. The zero-order chi connectivity index (χ0) is 21.3. The van der Waals surface area contributed by atoms with Gasteiger partial charge in [0.2, 0.25) is 11.8 Å². The Morgan fingerprint density at radius 1 is 1.10 bits per heavy atom. The summed E-state index contributed by atoms with van der Waals surface area (Å²) in [6, 6.07) is 14.9. The van der Waals surface area contributed by atoms with Crippen LogP contribution in [-0.2, 0) is 16.0 Å². The van der Waals surface area contributed by atoms with Crippen LogP contribution in [0.5, 0.6) is 17.4 Å². The summed E-state index contributed by atoms with van der Waals surface area (Å²) < 4.78 is 11.3. The Labute approximate surface area is 178 Å². The van der Waals surface area contributed by atoms with E-state index >= 15 is 0 Å². The molecule has 1 aromatic heterocycles. The molecule has 0 saturated carbocycles. The van der Waals surface area contributed by atoms with Gasteiger partial charge in [-0.15, -0.1) is 11.8 Å². The molecule has 154 valence electrons. The Morgan fingerprint density at radius 3 is 2.63 bits per heavy atom. The van der Waals surface area contributed by atoms with Crippen molar-refractivity contribution in [1.29, 1.82) is 0 Å². The summed E-state index contributed by atoms with van der Waals surface area (Å²) >= 11 is 1.43. The lowest BCUT2D eigenvalue weighted by Crippen LogP contribution is -2.15. The summed E-state index contributed by atoms with van der Waals surface area (Å²) in [5.41, 5.74) is 1.17. The fraction of sp³-hybridized carbons (Fsp3) is 0.182. The molecule has 0 spiro atoms. The molecule has 0 aliphatic carbocycles. The first-order valence-corrected chi connectivity index (χ1v) is 10.2. The standard InChI is InChI=1S/C22H21N3O4S/c1-15(26)10-16-8-9-19(20(11-16)28-2)29-22-18(12-23-14-24-22)25-21(27)13-30-17-6-4-3-5-7-17/h3-9,11-12,14H,10,13H2,1-2H3,(H,25,27). The van der Waals surface area contributed by atoms with Gasteiger partial charge in [0.25, 0.3) is 0 Å². The van der Waals surface area contributed by atoms with Crippen molar-refractivity contribution in [3.8, 4) is 17.4 Å². The van der Waals surface area contributed by atoms with Crippen LogP contribution in [0.4, 0.5) is 5.69 Å². The molecule has 0 saturated heterocycles. The Kier molecular flexibility index (Phi) is 7.40. The molecular formula is C22H21N3O4S. The van der Waals surface area contributed by atoms with Gasteiger partial charge in [0.1, 0.15) is 17.8 Å². The Bertz CT molecular complexity index is 1030. The lowest BCUT2D eigenvalue weighted by molar-refractivity contribution is -0.116. The average Bonchev–Trinajstić information content (AvgIpc) is 2.75. The van der Waals surface area contributed by atoms with E-state index in [0.717, 1.165) is 10.5 Å². The Hall–Kier alpha value is -3.39. The number of methoxy groups -OCH3 is 1. The molecule has 8 heteroatoms. The highest BCUT2D eigenvalue weighted by atomic mass is 32.2. The molecule has 2 aromatic carbocycles. The van der Waals surface area contributed by atoms with E-state index in [4.69, 9.17) is 9.47 Å². The number of nitrogens with one attached hydrogen (secondary N) is 1. The maximum atomic E-state index is 12.4. The number of benzene rings is 2. The number of hydrogen-bond acceptors (Lipinski definition) is 7. The van der Waals surface area contributed by atoms with E-state index in [0.29, 0.717) is 23.6 Å². The minimum Gasteiger partial charge on any atom is -0.493 e. The number of hydrogen-bond donors (Lipinski definition) is 1. The van der Waals surface area contributed by atoms with E-state index in [1.807, 2.05) is 30.3 Å². The van der Waals surface area contributed by atoms with Crippen LogP contribution in [0, 0.1) is 0 Å². The summed E-state index contributed by atoms with van der Waals surface area (Å²) in [6.07, 6.45) is 3.12. The van der Waals surface area contributed by atoms with Crippen LogP contribution in [0.3, 0.4) is 0 Å². The van der Waals surface area contributed by atoms with Crippen LogP contribution >= 0.6 is 11.8 Å². The van der Waals surface area contributed by atoms with Crippen LogP contribution in [0.1, 0.15) is 12.5 Å². The first-order chi connectivity index (χ1) is 14.5. The number of ether oxygens (including phenoxy) is 2. The maximum absolute atomic E-state index is 12.4. The molecule has 3 rings (SSSR count). The van der Waals surface area contributed by atoms with Crippen molar-refractivity contribution in [3.63, 3.8) is 0 Å². The summed E-state index contributed by atoms with van der Waals surface area (Å²) in [4.78, 5) is 32.8. The highest BCUT2D eigenvalue weighted by Crippen LogP contribution is 2.34. The third-order valence-electron chi connectivity index (χ3n) is 3.95. The van der Waals surface area contributed by atoms with E-state index in [1.54, 1.807) is 18.2 Å². The van der Waals surface area contributed by atoms with E-state index < -0.39 is 0 Å². The van der Waals surface area contributed by atoms with Crippen LogP contribution in [0.15, 0.2) is 66.0 Å². The second-order valence-corrected chi connectivity index (χ2v) is 7.41. The van der Waals surface area contributed by atoms with E-state index in [-0.39, 0.29) is 23.3 Å². The van der Waals surface area contributed by atoms with Crippen molar-refractivity contribution in [2.45, 2.75) is 18.2 Å². The SMILES string of the molecule is COc1cc(CC(C)=O)ccc1Oc1ncncc1NC(=O)CSc1ccccc1. The lowest BCUT2D eigenvalue weighted by atomic mass is 10.1. The monoisotopic (exact) mass is 423 g/mol. The minimum absolute atomic E-state index is 0.0555. The van der Waals surface area contributed by atoms with Gasteiger partial charge in [0, 0.05) is 11.3 Å². The molecule has 0 bridgehead atoms. The summed E-state index contributed by atoms with van der Waals surface area (Å²) in [6.45, 7) is 1.53. The second-order valence-electron chi connectivity index (χ2n) is 6.36. The van der Waals surface area contributed by atoms with Crippen LogP contribution < -0.4 is 14.8 Å². The predicted octanol–water partition coefficient (Wildman–Crippen LogP) is 4.14. The van der Waals surface area contributed by atoms with Crippen molar-refractivity contribution in [1.82, 2.24) is 9.97 Å². The maximum Gasteiger partial charge on any atom is 0.246 e. The topological polar surface area (TPSA) is 90.4 Å². The number of rotatable bonds is 9. The van der Waals surface area contributed by atoms with Gasteiger partial charge >= 0.3 is 0 Å². The average molecular weight is 423 g/mol. The summed E-state index contributed by atoms with van der Waals surface area (Å²) in [5.74, 6) is 1.16. The quantitative estimate of drug-likeness (QED) is 0.517. The molecular weight excluding hydrogens is 402 g/mol. The molecule has 0 radical (unpaired) electrons. The van der Waals surface area contributed by atoms with Crippen LogP contribution in [0.25, 0.3) is 0 Å². The van der Waals surface area contributed by atoms with Crippen molar-refractivity contribution in [2.75, 3.05) is 18.2 Å². The number of thioether (sulfide) groups is 1. The van der Waals surface area contributed by atoms with Crippen molar-refractivity contribution >= 4 is 29.1 Å².